The molecule has 0 saturated carbocycles. The van der Waals surface area contributed by atoms with Gasteiger partial charge in [0.2, 0.25) is 0 Å². The SMILES string of the molecule is O=C(NCCc1ccc(O)cc1)c1cc(-c2cccs2)on1. The average Bonchev–Trinajstić information content (AvgIpc) is 3.20. The number of rotatable bonds is 5. The predicted octanol–water partition coefficient (Wildman–Crippen LogP) is 3.08. The quantitative estimate of drug-likeness (QED) is 0.759. The van der Waals surface area contributed by atoms with Gasteiger partial charge in [0.25, 0.3) is 5.91 Å². The molecular weight excluding hydrogens is 300 g/mol. The van der Waals surface area contributed by atoms with Gasteiger partial charge < -0.3 is 14.9 Å². The molecule has 0 saturated heterocycles. The zero-order chi connectivity index (χ0) is 15.4. The van der Waals surface area contributed by atoms with Crippen LogP contribution in [0.25, 0.3) is 10.6 Å². The fourth-order valence-electron chi connectivity index (χ4n) is 1.99. The molecule has 6 heteroatoms. The standard InChI is InChI=1S/C16H14N2O3S/c19-12-5-3-11(4-6-12)7-8-17-16(20)13-10-14(21-18-13)15-2-1-9-22-15/h1-6,9-10,19H,7-8H2,(H,17,20). The third-order valence-electron chi connectivity index (χ3n) is 3.14. The molecule has 22 heavy (non-hydrogen) atoms. The maximum Gasteiger partial charge on any atom is 0.273 e. The van der Waals surface area contributed by atoms with Crippen molar-refractivity contribution in [1.29, 1.82) is 0 Å². The molecule has 2 N–H and O–H groups in total. The van der Waals surface area contributed by atoms with Crippen molar-refractivity contribution in [3.05, 3.63) is 59.1 Å². The normalized spacial score (nSPS) is 10.5. The highest BCUT2D eigenvalue weighted by molar-refractivity contribution is 7.13. The fraction of sp³-hybridized carbons (Fsp3) is 0.125. The number of carbonyl (C=O) groups is 1. The van der Waals surface area contributed by atoms with Gasteiger partial charge >= 0.3 is 0 Å². The molecule has 0 fully saturated rings. The van der Waals surface area contributed by atoms with Gasteiger partial charge in [0.05, 0.1) is 4.88 Å². The summed E-state index contributed by atoms with van der Waals surface area (Å²) in [6.07, 6.45) is 0.682. The number of hydrogen-bond donors (Lipinski definition) is 2. The lowest BCUT2D eigenvalue weighted by atomic mass is 10.1. The molecule has 0 atom stereocenters. The Bertz CT molecular complexity index is 748. The zero-order valence-electron chi connectivity index (χ0n) is 11.7. The van der Waals surface area contributed by atoms with Crippen LogP contribution >= 0.6 is 11.3 Å². The highest BCUT2D eigenvalue weighted by atomic mass is 32.1. The predicted molar refractivity (Wildman–Crippen MR) is 84.0 cm³/mol. The Morgan fingerprint density at radius 3 is 2.82 bits per heavy atom. The summed E-state index contributed by atoms with van der Waals surface area (Å²) in [6, 6.07) is 12.4. The van der Waals surface area contributed by atoms with E-state index in [0.717, 1.165) is 10.4 Å². The monoisotopic (exact) mass is 314 g/mol. The Balaban J connectivity index is 1.55. The Hall–Kier alpha value is -2.60. The lowest BCUT2D eigenvalue weighted by molar-refractivity contribution is 0.0945. The number of thiophene rings is 1. The van der Waals surface area contributed by atoms with E-state index in [1.807, 2.05) is 29.6 Å². The van der Waals surface area contributed by atoms with Gasteiger partial charge in [-0.3, -0.25) is 4.79 Å². The van der Waals surface area contributed by atoms with E-state index in [0.29, 0.717) is 18.7 Å². The van der Waals surface area contributed by atoms with Gasteiger partial charge in [0.1, 0.15) is 5.75 Å². The van der Waals surface area contributed by atoms with Crippen molar-refractivity contribution < 1.29 is 14.4 Å². The van der Waals surface area contributed by atoms with Gasteiger partial charge in [-0.15, -0.1) is 11.3 Å². The number of aromatic hydroxyl groups is 1. The van der Waals surface area contributed by atoms with Crippen LogP contribution in [0.2, 0.25) is 0 Å². The Morgan fingerprint density at radius 2 is 2.09 bits per heavy atom. The molecule has 5 nitrogen and oxygen atoms in total. The van der Waals surface area contributed by atoms with Gasteiger partial charge in [-0.2, -0.15) is 0 Å². The van der Waals surface area contributed by atoms with Crippen molar-refractivity contribution in [2.45, 2.75) is 6.42 Å². The molecule has 0 spiro atoms. The molecule has 2 heterocycles. The van der Waals surface area contributed by atoms with E-state index >= 15 is 0 Å². The number of phenolic OH excluding ortho intramolecular Hbond substituents is 1. The number of aromatic nitrogens is 1. The minimum absolute atomic E-state index is 0.233. The van der Waals surface area contributed by atoms with Crippen LogP contribution in [0.4, 0.5) is 0 Å². The summed E-state index contributed by atoms with van der Waals surface area (Å²) in [5.74, 6) is 0.570. The Morgan fingerprint density at radius 1 is 1.27 bits per heavy atom. The number of benzene rings is 1. The summed E-state index contributed by atoms with van der Waals surface area (Å²) < 4.78 is 5.18. The number of phenols is 1. The van der Waals surface area contributed by atoms with E-state index in [4.69, 9.17) is 4.52 Å². The van der Waals surface area contributed by atoms with Crippen LogP contribution in [0, 0.1) is 0 Å². The largest absolute Gasteiger partial charge is 0.508 e. The van der Waals surface area contributed by atoms with Crippen LogP contribution in [0.1, 0.15) is 16.1 Å². The minimum Gasteiger partial charge on any atom is -0.508 e. The summed E-state index contributed by atoms with van der Waals surface area (Å²) in [4.78, 5) is 12.9. The van der Waals surface area contributed by atoms with Gasteiger partial charge in [-0.05, 0) is 35.6 Å². The zero-order valence-corrected chi connectivity index (χ0v) is 12.5. The summed E-state index contributed by atoms with van der Waals surface area (Å²) in [7, 11) is 0. The van der Waals surface area contributed by atoms with E-state index < -0.39 is 0 Å². The topological polar surface area (TPSA) is 75.4 Å². The molecule has 112 valence electrons. The maximum absolute atomic E-state index is 12.0. The molecule has 0 aliphatic rings. The summed E-state index contributed by atoms with van der Waals surface area (Å²) in [5.41, 5.74) is 1.31. The Labute approximate surface area is 131 Å². The molecule has 0 radical (unpaired) electrons. The summed E-state index contributed by atoms with van der Waals surface area (Å²) in [5, 5.41) is 17.7. The first-order valence-corrected chi connectivity index (χ1v) is 7.67. The molecule has 0 unspecified atom stereocenters. The molecule has 1 aromatic carbocycles. The first-order chi connectivity index (χ1) is 10.7. The number of carbonyl (C=O) groups excluding carboxylic acids is 1. The number of nitrogens with zero attached hydrogens (tertiary/aromatic N) is 1. The first-order valence-electron chi connectivity index (χ1n) is 6.79. The molecule has 3 aromatic rings. The van der Waals surface area contributed by atoms with Gasteiger partial charge in [-0.25, -0.2) is 0 Å². The van der Waals surface area contributed by atoms with Crippen LogP contribution in [0.3, 0.4) is 0 Å². The van der Waals surface area contributed by atoms with Crippen molar-refractivity contribution >= 4 is 17.2 Å². The third kappa shape index (κ3) is 3.35. The average molecular weight is 314 g/mol. The molecule has 0 aliphatic carbocycles. The molecule has 1 amide bonds. The molecule has 2 aromatic heterocycles. The van der Waals surface area contributed by atoms with Gasteiger partial charge in [0, 0.05) is 12.6 Å². The highest BCUT2D eigenvalue weighted by Crippen LogP contribution is 2.25. The van der Waals surface area contributed by atoms with Crippen molar-refractivity contribution in [1.82, 2.24) is 10.5 Å². The summed E-state index contributed by atoms with van der Waals surface area (Å²) >= 11 is 1.53. The van der Waals surface area contributed by atoms with Crippen LogP contribution in [0.15, 0.2) is 52.4 Å². The third-order valence-corrected chi connectivity index (χ3v) is 4.03. The molecule has 0 bridgehead atoms. The second kappa shape index (κ2) is 6.44. The minimum atomic E-state index is -0.259. The maximum atomic E-state index is 12.0. The number of amides is 1. The highest BCUT2D eigenvalue weighted by Gasteiger charge is 2.13. The first kappa shape index (κ1) is 14.3. The molecular formula is C16H14N2O3S. The second-order valence-corrected chi connectivity index (χ2v) is 5.67. The lowest BCUT2D eigenvalue weighted by Gasteiger charge is -2.03. The van der Waals surface area contributed by atoms with Crippen molar-refractivity contribution in [3.63, 3.8) is 0 Å². The van der Waals surface area contributed by atoms with E-state index in [9.17, 15) is 9.90 Å². The van der Waals surface area contributed by atoms with Crippen molar-refractivity contribution in [2.24, 2.45) is 0 Å². The van der Waals surface area contributed by atoms with E-state index in [-0.39, 0.29) is 17.4 Å². The van der Waals surface area contributed by atoms with E-state index in [2.05, 4.69) is 10.5 Å². The second-order valence-electron chi connectivity index (χ2n) is 4.73. The van der Waals surface area contributed by atoms with E-state index in [1.165, 1.54) is 11.3 Å². The van der Waals surface area contributed by atoms with Crippen LogP contribution in [0.5, 0.6) is 5.75 Å². The fourth-order valence-corrected chi connectivity index (χ4v) is 2.66. The van der Waals surface area contributed by atoms with Crippen molar-refractivity contribution in [2.75, 3.05) is 6.54 Å². The Kier molecular flexibility index (Phi) is 4.20. The molecule has 3 rings (SSSR count). The van der Waals surface area contributed by atoms with Crippen molar-refractivity contribution in [3.8, 4) is 16.4 Å². The van der Waals surface area contributed by atoms with Crippen LogP contribution in [-0.4, -0.2) is 22.7 Å². The summed E-state index contributed by atoms with van der Waals surface area (Å²) in [6.45, 7) is 0.491. The molecule has 0 aliphatic heterocycles. The smallest absolute Gasteiger partial charge is 0.273 e. The lowest BCUT2D eigenvalue weighted by Crippen LogP contribution is -2.25. The van der Waals surface area contributed by atoms with E-state index in [1.54, 1.807) is 18.2 Å². The van der Waals surface area contributed by atoms with Crippen LogP contribution < -0.4 is 5.32 Å². The number of nitrogens with one attached hydrogen (secondary N) is 1. The van der Waals surface area contributed by atoms with Crippen LogP contribution in [-0.2, 0) is 6.42 Å². The number of hydrogen-bond acceptors (Lipinski definition) is 5. The van der Waals surface area contributed by atoms with Gasteiger partial charge in [0.15, 0.2) is 11.5 Å². The van der Waals surface area contributed by atoms with Gasteiger partial charge in [-0.1, -0.05) is 23.4 Å².